The fourth-order valence-corrected chi connectivity index (χ4v) is 10.6. The van der Waals surface area contributed by atoms with Gasteiger partial charge in [-0.3, -0.25) is 4.79 Å². The molecule has 0 heterocycles. The number of fused-ring (bicyclic) bond motifs is 7. The van der Waals surface area contributed by atoms with Crippen LogP contribution in [-0.2, 0) is 4.79 Å². The first-order valence-electron chi connectivity index (χ1n) is 15.2. The highest BCUT2D eigenvalue weighted by Crippen LogP contribution is 2.75. The Morgan fingerprint density at radius 2 is 1.50 bits per heavy atom. The molecule has 224 valence electrons. The van der Waals surface area contributed by atoms with E-state index in [-0.39, 0.29) is 14.0 Å². The molecule has 5 N–H and O–H groups in total. The summed E-state index contributed by atoms with van der Waals surface area (Å²) in [4.78, 5) is 12.4. The van der Waals surface area contributed by atoms with Crippen molar-refractivity contribution in [2.75, 3.05) is 13.7 Å². The van der Waals surface area contributed by atoms with E-state index >= 15 is 0 Å². The molecule has 0 aromatic rings. The van der Waals surface area contributed by atoms with Crippen LogP contribution in [0.3, 0.4) is 0 Å². The molecular weight excluding hydrogens is 474 g/mol. The van der Waals surface area contributed by atoms with E-state index < -0.39 is 11.4 Å². The van der Waals surface area contributed by atoms with E-state index in [2.05, 4.69) is 34.3 Å². The summed E-state index contributed by atoms with van der Waals surface area (Å²) in [6, 6.07) is 0.383. The van der Waals surface area contributed by atoms with Crippen LogP contribution in [0.15, 0.2) is 12.7 Å². The Labute approximate surface area is 235 Å². The molecule has 8 unspecified atom stereocenters. The van der Waals surface area contributed by atoms with Crippen molar-refractivity contribution in [1.29, 1.82) is 0 Å². The largest absolute Gasteiger partial charge is 0.481 e. The summed E-state index contributed by atoms with van der Waals surface area (Å²) < 4.78 is 0. The zero-order valence-electron chi connectivity index (χ0n) is 25.1. The summed E-state index contributed by atoms with van der Waals surface area (Å²) in [7, 11) is 1.00. The second kappa shape index (κ2) is 13.6. The van der Waals surface area contributed by atoms with Gasteiger partial charge in [0, 0.05) is 13.2 Å². The van der Waals surface area contributed by atoms with Crippen molar-refractivity contribution < 1.29 is 20.1 Å². The number of rotatable bonds is 2. The fourth-order valence-electron chi connectivity index (χ4n) is 10.6. The van der Waals surface area contributed by atoms with E-state index in [0.29, 0.717) is 40.0 Å². The zero-order valence-corrected chi connectivity index (χ0v) is 25.1. The van der Waals surface area contributed by atoms with Crippen molar-refractivity contribution >= 4 is 5.97 Å². The lowest BCUT2D eigenvalue weighted by Crippen LogP contribution is -2.65. The molecule has 5 aliphatic carbocycles. The van der Waals surface area contributed by atoms with Crippen molar-refractivity contribution in [1.82, 2.24) is 0 Å². The van der Waals surface area contributed by atoms with E-state index in [1.165, 1.54) is 44.6 Å². The summed E-state index contributed by atoms with van der Waals surface area (Å²) in [5.41, 5.74) is 7.21. The molecule has 0 spiro atoms. The molecule has 0 bridgehead atoms. The van der Waals surface area contributed by atoms with Crippen LogP contribution in [0.25, 0.3) is 0 Å². The van der Waals surface area contributed by atoms with Crippen LogP contribution in [0.2, 0.25) is 0 Å². The van der Waals surface area contributed by atoms with Gasteiger partial charge in [-0.2, -0.15) is 0 Å². The summed E-state index contributed by atoms with van der Waals surface area (Å²) in [6.45, 7) is 17.6. The average molecular weight is 538 g/mol. The van der Waals surface area contributed by atoms with E-state index in [1.54, 1.807) is 0 Å². The molecule has 5 heteroatoms. The Hall–Kier alpha value is -0.910. The summed E-state index contributed by atoms with van der Waals surface area (Å²) in [6.07, 6.45) is 14.4. The molecule has 0 aliphatic heterocycles. The monoisotopic (exact) mass is 537 g/mol. The molecule has 5 nitrogen and oxygen atoms in total. The third kappa shape index (κ3) is 5.26. The van der Waals surface area contributed by atoms with Crippen LogP contribution in [0.4, 0.5) is 0 Å². The number of hydrogen-bond donors (Lipinski definition) is 4. The number of carboxylic acid groups (broad SMARTS) is 1. The first-order chi connectivity index (χ1) is 17.5. The minimum absolute atomic E-state index is 0. The van der Waals surface area contributed by atoms with E-state index in [4.69, 9.17) is 15.9 Å². The molecule has 10 atom stereocenters. The third-order valence-electron chi connectivity index (χ3n) is 12.6. The summed E-state index contributed by atoms with van der Waals surface area (Å²) in [5, 5.41) is 25.0. The van der Waals surface area contributed by atoms with Crippen LogP contribution in [0.1, 0.15) is 120 Å². The Morgan fingerprint density at radius 1 is 0.895 bits per heavy atom. The topological polar surface area (TPSA) is 104 Å². The van der Waals surface area contributed by atoms with E-state index in [1.807, 2.05) is 13.8 Å². The molecule has 0 radical (unpaired) electrons. The maximum atomic E-state index is 12.4. The van der Waals surface area contributed by atoms with Crippen molar-refractivity contribution in [3.8, 4) is 0 Å². The predicted molar refractivity (Wildman–Crippen MR) is 160 cm³/mol. The highest BCUT2D eigenvalue weighted by Gasteiger charge is 2.69. The third-order valence-corrected chi connectivity index (χ3v) is 12.6. The Morgan fingerprint density at radius 3 is 2.05 bits per heavy atom. The number of aliphatic hydroxyl groups is 2. The van der Waals surface area contributed by atoms with Gasteiger partial charge in [-0.1, -0.05) is 61.5 Å². The maximum absolute atomic E-state index is 12.4. The molecule has 5 fully saturated rings. The second-order valence-corrected chi connectivity index (χ2v) is 13.2. The Bertz CT molecular complexity index is 772. The maximum Gasteiger partial charge on any atom is 0.309 e. The van der Waals surface area contributed by atoms with Crippen molar-refractivity contribution in [2.45, 2.75) is 126 Å². The van der Waals surface area contributed by atoms with Crippen LogP contribution in [-0.4, -0.2) is 41.0 Å². The molecule has 0 aromatic heterocycles. The van der Waals surface area contributed by atoms with Gasteiger partial charge < -0.3 is 21.1 Å². The van der Waals surface area contributed by atoms with Gasteiger partial charge in [0.15, 0.2) is 0 Å². The first kappa shape index (κ1) is 35.1. The lowest BCUT2D eigenvalue weighted by Gasteiger charge is -2.71. The quantitative estimate of drug-likeness (QED) is 0.277. The van der Waals surface area contributed by atoms with Gasteiger partial charge in [0.25, 0.3) is 0 Å². The van der Waals surface area contributed by atoms with Gasteiger partial charge in [0.1, 0.15) is 0 Å². The Balaban J connectivity index is 0.000000724. The fraction of sp³-hybridized carbons (Fsp3) is 0.909. The standard InChI is InChI=1S/C26H43NO2.C3H6O.C2H6.CH4O.CH4/c1-16-17-9-13-25(4)21(23(17,2)12-10-20(16)27)8-7-18-19-6-5-11-26(19,22(28)29)15-14-24(18,25)3;1-2-3-4;2*1-2;/h16-21H,5-15,27H2,1-4H3,(H,28,29);2,4H,1,3H2;1-2H3;2H,1H3;1H4/t16?,17?,18?,19?,20?,21?,23?,24-,25?,26+;;;;/m1..../s1. The van der Waals surface area contributed by atoms with Gasteiger partial charge in [-0.15, -0.1) is 6.58 Å². The highest BCUT2D eigenvalue weighted by molar-refractivity contribution is 5.76. The zero-order chi connectivity index (χ0) is 28.2. The van der Waals surface area contributed by atoms with Gasteiger partial charge in [-0.25, -0.2) is 0 Å². The number of nitrogens with two attached hydrogens (primary N) is 1. The summed E-state index contributed by atoms with van der Waals surface area (Å²) in [5.74, 6) is 2.74. The molecule has 0 aromatic carbocycles. The van der Waals surface area contributed by atoms with E-state index in [0.717, 1.165) is 51.0 Å². The number of aliphatic carboxylic acids is 1. The number of carboxylic acids is 1. The number of hydrogen-bond acceptors (Lipinski definition) is 4. The molecule has 5 rings (SSSR count). The minimum atomic E-state index is -0.486. The molecule has 5 aliphatic rings. The molecule has 38 heavy (non-hydrogen) atoms. The summed E-state index contributed by atoms with van der Waals surface area (Å²) >= 11 is 0. The molecular formula is C33H63NO4. The van der Waals surface area contributed by atoms with Crippen molar-refractivity contribution in [2.24, 2.45) is 57.0 Å². The number of aliphatic hydroxyl groups excluding tert-OH is 2. The van der Waals surface area contributed by atoms with Gasteiger partial charge >= 0.3 is 5.97 Å². The first-order valence-corrected chi connectivity index (χ1v) is 15.2. The lowest BCUT2D eigenvalue weighted by atomic mass is 9.33. The van der Waals surface area contributed by atoms with Gasteiger partial charge in [0.2, 0.25) is 0 Å². The van der Waals surface area contributed by atoms with Crippen LogP contribution >= 0.6 is 0 Å². The minimum Gasteiger partial charge on any atom is -0.481 e. The second-order valence-electron chi connectivity index (χ2n) is 13.2. The van der Waals surface area contributed by atoms with Crippen LogP contribution < -0.4 is 5.73 Å². The Kier molecular flexibility index (Phi) is 12.6. The highest BCUT2D eigenvalue weighted by atomic mass is 16.4. The van der Waals surface area contributed by atoms with Crippen LogP contribution in [0, 0.1) is 51.2 Å². The van der Waals surface area contributed by atoms with Gasteiger partial charge in [-0.05, 0) is 110 Å². The van der Waals surface area contributed by atoms with Crippen molar-refractivity contribution in [3.63, 3.8) is 0 Å². The smallest absolute Gasteiger partial charge is 0.309 e. The van der Waals surface area contributed by atoms with Crippen molar-refractivity contribution in [3.05, 3.63) is 12.7 Å². The SMILES string of the molecule is C.C=CCO.CC.CC1C(N)CCC2(C)C1CCC1(C)C2CCC2C3CCC[C@]3(C(=O)O)CC[C@]21C.CO. The average Bonchev–Trinajstić information content (AvgIpc) is 3.35. The van der Waals surface area contributed by atoms with Crippen LogP contribution in [0.5, 0.6) is 0 Å². The molecule has 5 saturated carbocycles. The normalized spacial score (nSPS) is 46.2. The lowest BCUT2D eigenvalue weighted by molar-refractivity contribution is -0.228. The molecule has 0 saturated heterocycles. The number of carbonyl (C=O) groups is 1. The predicted octanol–water partition coefficient (Wildman–Crippen LogP) is 7.30. The van der Waals surface area contributed by atoms with E-state index in [9.17, 15) is 9.90 Å². The van der Waals surface area contributed by atoms with Gasteiger partial charge in [0.05, 0.1) is 12.0 Å². The molecule has 0 amide bonds.